The Balaban J connectivity index is 2.21. The number of aliphatic hydroxyl groups is 1. The first-order chi connectivity index (χ1) is 9.15. The van der Waals surface area contributed by atoms with Crippen molar-refractivity contribution in [2.75, 3.05) is 7.11 Å². The summed E-state index contributed by atoms with van der Waals surface area (Å²) >= 11 is 0. The molecule has 0 saturated carbocycles. The van der Waals surface area contributed by atoms with Crippen molar-refractivity contribution in [3.63, 3.8) is 0 Å². The van der Waals surface area contributed by atoms with E-state index in [0.717, 1.165) is 23.1 Å². The maximum Gasteiger partial charge on any atom is 0.0729 e. The van der Waals surface area contributed by atoms with Crippen LogP contribution >= 0.6 is 0 Å². The maximum absolute atomic E-state index is 10.1. The van der Waals surface area contributed by atoms with Crippen molar-refractivity contribution in [3.8, 4) is 0 Å². The molecule has 1 N–H and O–H groups in total. The second kappa shape index (κ2) is 6.17. The van der Waals surface area contributed by atoms with Gasteiger partial charge in [-0.05, 0) is 26.3 Å². The molecule has 2 aromatic rings. The van der Waals surface area contributed by atoms with E-state index in [9.17, 15) is 5.11 Å². The topological polar surface area (TPSA) is 47.3 Å². The lowest BCUT2D eigenvalue weighted by Crippen LogP contribution is -2.19. The van der Waals surface area contributed by atoms with Crippen LogP contribution in [0.5, 0.6) is 0 Å². The van der Waals surface area contributed by atoms with Crippen LogP contribution < -0.4 is 0 Å². The van der Waals surface area contributed by atoms with Crippen LogP contribution in [-0.4, -0.2) is 34.2 Å². The van der Waals surface area contributed by atoms with Crippen LogP contribution in [0.1, 0.15) is 26.0 Å². The van der Waals surface area contributed by atoms with Crippen LogP contribution in [0.3, 0.4) is 0 Å². The first-order valence-corrected chi connectivity index (χ1v) is 6.81. The second-order valence-corrected chi connectivity index (χ2v) is 4.92. The van der Waals surface area contributed by atoms with E-state index in [1.165, 1.54) is 0 Å². The van der Waals surface area contributed by atoms with E-state index in [-0.39, 0.29) is 6.10 Å². The van der Waals surface area contributed by atoms with E-state index in [4.69, 9.17) is 4.74 Å². The molecule has 2 atom stereocenters. The number of fused-ring (bicyclic) bond motifs is 1. The zero-order chi connectivity index (χ0) is 13.8. The molecule has 1 aromatic carbocycles. The first kappa shape index (κ1) is 14.0. The normalized spacial score (nSPS) is 14.7. The van der Waals surface area contributed by atoms with Gasteiger partial charge in [0.15, 0.2) is 0 Å². The third kappa shape index (κ3) is 3.14. The largest absolute Gasteiger partial charge is 0.393 e. The third-order valence-corrected chi connectivity index (χ3v) is 3.47. The van der Waals surface area contributed by atoms with E-state index < -0.39 is 6.10 Å². The standard InChI is InChI=1S/C15H22N2O2/c1-4-17-15-8-6-5-7-13(15)14(16-17)10-12(18)9-11(2)19-3/h5-8,11-12,18H,4,9-10H2,1-3H3. The molecule has 0 amide bonds. The van der Waals surface area contributed by atoms with E-state index in [2.05, 4.69) is 24.2 Å². The van der Waals surface area contributed by atoms with Crippen LogP contribution in [0, 0.1) is 0 Å². The van der Waals surface area contributed by atoms with Gasteiger partial charge in [-0.25, -0.2) is 0 Å². The van der Waals surface area contributed by atoms with Gasteiger partial charge >= 0.3 is 0 Å². The van der Waals surface area contributed by atoms with Crippen molar-refractivity contribution in [1.82, 2.24) is 9.78 Å². The van der Waals surface area contributed by atoms with E-state index in [1.54, 1.807) is 7.11 Å². The first-order valence-electron chi connectivity index (χ1n) is 6.81. The van der Waals surface area contributed by atoms with Gasteiger partial charge in [0.1, 0.15) is 0 Å². The van der Waals surface area contributed by atoms with Crippen LogP contribution in [0.4, 0.5) is 0 Å². The summed E-state index contributed by atoms with van der Waals surface area (Å²) in [7, 11) is 1.67. The average Bonchev–Trinajstić information content (AvgIpc) is 2.77. The van der Waals surface area contributed by atoms with Crippen LogP contribution in [-0.2, 0) is 17.7 Å². The molecule has 19 heavy (non-hydrogen) atoms. The summed E-state index contributed by atoms with van der Waals surface area (Å²) in [6.07, 6.45) is 0.846. The van der Waals surface area contributed by atoms with Gasteiger partial charge in [-0.1, -0.05) is 18.2 Å². The fraction of sp³-hybridized carbons (Fsp3) is 0.533. The fourth-order valence-corrected chi connectivity index (χ4v) is 2.37. The molecule has 0 aliphatic carbocycles. The zero-order valence-electron chi connectivity index (χ0n) is 11.8. The Morgan fingerprint density at radius 2 is 2.11 bits per heavy atom. The molecule has 4 nitrogen and oxygen atoms in total. The number of benzene rings is 1. The van der Waals surface area contributed by atoms with Gasteiger partial charge in [0.2, 0.25) is 0 Å². The monoisotopic (exact) mass is 262 g/mol. The predicted octanol–water partition coefficient (Wildman–Crippen LogP) is 2.38. The Kier molecular flexibility index (Phi) is 4.56. The Morgan fingerprint density at radius 1 is 1.37 bits per heavy atom. The van der Waals surface area contributed by atoms with Gasteiger partial charge in [-0.2, -0.15) is 5.10 Å². The number of methoxy groups -OCH3 is 1. The van der Waals surface area contributed by atoms with Crippen molar-refractivity contribution < 1.29 is 9.84 Å². The van der Waals surface area contributed by atoms with Gasteiger partial charge in [0, 0.05) is 25.5 Å². The van der Waals surface area contributed by atoms with E-state index >= 15 is 0 Å². The molecule has 104 valence electrons. The molecule has 4 heteroatoms. The van der Waals surface area contributed by atoms with Gasteiger partial charge in [-0.3, -0.25) is 4.68 Å². The smallest absolute Gasteiger partial charge is 0.0729 e. The second-order valence-electron chi connectivity index (χ2n) is 4.92. The summed E-state index contributed by atoms with van der Waals surface area (Å²) < 4.78 is 7.17. The molecule has 0 spiro atoms. The third-order valence-electron chi connectivity index (χ3n) is 3.47. The number of nitrogens with zero attached hydrogens (tertiary/aromatic N) is 2. The summed E-state index contributed by atoms with van der Waals surface area (Å²) in [6, 6.07) is 8.16. The van der Waals surface area contributed by atoms with Crippen LogP contribution in [0.25, 0.3) is 10.9 Å². The zero-order valence-corrected chi connectivity index (χ0v) is 11.8. The Labute approximate surface area is 114 Å². The summed E-state index contributed by atoms with van der Waals surface area (Å²) in [4.78, 5) is 0. The highest BCUT2D eigenvalue weighted by molar-refractivity contribution is 5.81. The molecule has 0 aliphatic rings. The molecular formula is C15H22N2O2. The summed E-state index contributed by atoms with van der Waals surface area (Å²) in [5, 5.41) is 15.8. The Hall–Kier alpha value is -1.39. The molecule has 1 heterocycles. The number of ether oxygens (including phenoxy) is 1. The number of aliphatic hydroxyl groups excluding tert-OH is 1. The minimum atomic E-state index is -0.418. The molecule has 0 saturated heterocycles. The molecule has 0 bridgehead atoms. The number of hydrogen-bond donors (Lipinski definition) is 1. The van der Waals surface area contributed by atoms with Crippen molar-refractivity contribution in [1.29, 1.82) is 0 Å². The highest BCUT2D eigenvalue weighted by Gasteiger charge is 2.15. The van der Waals surface area contributed by atoms with E-state index in [1.807, 2.05) is 23.7 Å². The molecule has 0 radical (unpaired) electrons. The summed E-state index contributed by atoms with van der Waals surface area (Å²) in [5.74, 6) is 0. The quantitative estimate of drug-likeness (QED) is 0.869. The van der Waals surface area contributed by atoms with E-state index in [0.29, 0.717) is 12.8 Å². The number of rotatable bonds is 6. The number of aromatic nitrogens is 2. The highest BCUT2D eigenvalue weighted by atomic mass is 16.5. The number of para-hydroxylation sites is 1. The van der Waals surface area contributed by atoms with Gasteiger partial charge < -0.3 is 9.84 Å². The summed E-state index contributed by atoms with van der Waals surface area (Å²) in [5.41, 5.74) is 2.10. The lowest BCUT2D eigenvalue weighted by atomic mass is 10.1. The Bertz CT molecular complexity index is 536. The predicted molar refractivity (Wildman–Crippen MR) is 76.2 cm³/mol. The molecular weight excluding hydrogens is 240 g/mol. The van der Waals surface area contributed by atoms with Crippen molar-refractivity contribution >= 4 is 10.9 Å². The van der Waals surface area contributed by atoms with Crippen molar-refractivity contribution in [2.24, 2.45) is 0 Å². The van der Waals surface area contributed by atoms with Gasteiger partial charge in [0.05, 0.1) is 23.4 Å². The minimum absolute atomic E-state index is 0.0644. The van der Waals surface area contributed by atoms with Crippen molar-refractivity contribution in [2.45, 2.75) is 45.4 Å². The summed E-state index contributed by atoms with van der Waals surface area (Å²) in [6.45, 7) is 4.88. The van der Waals surface area contributed by atoms with Crippen LogP contribution in [0.2, 0.25) is 0 Å². The number of aryl methyl sites for hydroxylation is 1. The van der Waals surface area contributed by atoms with Gasteiger partial charge in [-0.15, -0.1) is 0 Å². The Morgan fingerprint density at radius 3 is 2.79 bits per heavy atom. The lowest BCUT2D eigenvalue weighted by Gasteiger charge is -2.14. The molecule has 0 aliphatic heterocycles. The van der Waals surface area contributed by atoms with Gasteiger partial charge in [0.25, 0.3) is 0 Å². The maximum atomic E-state index is 10.1. The lowest BCUT2D eigenvalue weighted by molar-refractivity contribution is 0.0562. The molecule has 1 aromatic heterocycles. The SMILES string of the molecule is CCn1nc(CC(O)CC(C)OC)c2ccccc21. The molecule has 2 unspecified atom stereocenters. The molecule has 2 rings (SSSR count). The van der Waals surface area contributed by atoms with Crippen molar-refractivity contribution in [3.05, 3.63) is 30.0 Å². The van der Waals surface area contributed by atoms with Crippen LogP contribution in [0.15, 0.2) is 24.3 Å². The number of hydrogen-bond acceptors (Lipinski definition) is 3. The fourth-order valence-electron chi connectivity index (χ4n) is 2.37. The minimum Gasteiger partial charge on any atom is -0.393 e. The average molecular weight is 262 g/mol. The highest BCUT2D eigenvalue weighted by Crippen LogP contribution is 2.20. The molecule has 0 fully saturated rings.